The topological polar surface area (TPSA) is 44.1 Å². The van der Waals surface area contributed by atoms with Crippen molar-refractivity contribution < 1.29 is 9.53 Å². The van der Waals surface area contributed by atoms with E-state index in [1.165, 1.54) is 29.1 Å². The number of carbonyl (C=O) groups excluding carboxylic acids is 1. The molecule has 0 saturated heterocycles. The summed E-state index contributed by atoms with van der Waals surface area (Å²) in [5.41, 5.74) is 8.67. The van der Waals surface area contributed by atoms with Gasteiger partial charge in [-0.25, -0.2) is 14.3 Å². The number of aromatic nitrogens is 2. The fourth-order valence-electron chi connectivity index (χ4n) is 4.14. The molecule has 1 heterocycles. The van der Waals surface area contributed by atoms with Gasteiger partial charge in [-0.2, -0.15) is 0 Å². The van der Waals surface area contributed by atoms with Crippen molar-refractivity contribution in [2.24, 2.45) is 0 Å². The molecule has 0 unspecified atom stereocenters. The van der Waals surface area contributed by atoms with Crippen molar-refractivity contribution in [3.8, 4) is 22.3 Å². The highest BCUT2D eigenvalue weighted by molar-refractivity contribution is 5.96. The highest BCUT2D eigenvalue weighted by Gasteiger charge is 2.16. The Balaban J connectivity index is 1.96. The number of hydrogen-bond donors (Lipinski definition) is 0. The second kappa shape index (κ2) is 9.17. The number of methoxy groups -OCH3 is 1. The van der Waals surface area contributed by atoms with Crippen LogP contribution in [0.25, 0.3) is 33.3 Å². The van der Waals surface area contributed by atoms with Gasteiger partial charge < -0.3 is 4.74 Å². The molecule has 3 aromatic carbocycles. The summed E-state index contributed by atoms with van der Waals surface area (Å²) < 4.78 is 6.41. The third-order valence-electron chi connectivity index (χ3n) is 5.61. The van der Waals surface area contributed by atoms with Crippen molar-refractivity contribution in [3.63, 3.8) is 0 Å². The van der Waals surface area contributed by atoms with Crippen LogP contribution >= 0.6 is 0 Å². The Kier molecular flexibility index (Phi) is 6.17. The van der Waals surface area contributed by atoms with Crippen LogP contribution in [0.3, 0.4) is 0 Å². The molecular formula is C27H28N2O2. The molecule has 0 atom stereocenters. The summed E-state index contributed by atoms with van der Waals surface area (Å²) in [6.45, 7) is 4.39. The second-order valence-corrected chi connectivity index (χ2v) is 7.87. The van der Waals surface area contributed by atoms with Crippen molar-refractivity contribution in [1.29, 1.82) is 0 Å². The maximum absolute atomic E-state index is 12.2. The highest BCUT2D eigenvalue weighted by atomic mass is 16.5. The average molecular weight is 413 g/mol. The van der Waals surface area contributed by atoms with Crippen molar-refractivity contribution >= 4 is 17.1 Å². The molecule has 158 valence electrons. The molecule has 0 radical (unpaired) electrons. The summed E-state index contributed by atoms with van der Waals surface area (Å²) in [5, 5.41) is 0. The number of ether oxygens (including phenoxy) is 1. The third kappa shape index (κ3) is 4.24. The maximum atomic E-state index is 12.2. The van der Waals surface area contributed by atoms with Crippen LogP contribution in [0, 0.1) is 0 Å². The molecule has 0 aliphatic carbocycles. The SMILES string of the molecule is CCCc1cccc(-c2cc3ncn(C(=O)OC)c3cc2-c2cccc(CCC)c2)c1. The van der Waals surface area contributed by atoms with Crippen LogP contribution in [0.1, 0.15) is 37.8 Å². The fraction of sp³-hybridized carbons (Fsp3) is 0.259. The molecule has 0 spiro atoms. The van der Waals surface area contributed by atoms with Gasteiger partial charge in [0.1, 0.15) is 6.33 Å². The van der Waals surface area contributed by atoms with E-state index in [9.17, 15) is 4.79 Å². The van der Waals surface area contributed by atoms with Crippen LogP contribution in [-0.2, 0) is 17.6 Å². The van der Waals surface area contributed by atoms with E-state index in [-0.39, 0.29) is 0 Å². The van der Waals surface area contributed by atoms with Gasteiger partial charge in [-0.3, -0.25) is 0 Å². The standard InChI is InChI=1S/C27H28N2O2/c1-4-8-19-10-6-12-21(14-19)23-16-25-26(29(18-28-25)27(30)31-3)17-24(23)22-13-7-11-20(15-22)9-5-2/h6-7,10-18H,4-5,8-9H2,1-3H3. The van der Waals surface area contributed by atoms with Crippen LogP contribution in [-0.4, -0.2) is 22.8 Å². The van der Waals surface area contributed by atoms with Crippen molar-refractivity contribution in [2.45, 2.75) is 39.5 Å². The minimum atomic E-state index is -0.439. The summed E-state index contributed by atoms with van der Waals surface area (Å²) in [4.78, 5) is 16.7. The Morgan fingerprint density at radius 3 is 2.00 bits per heavy atom. The van der Waals surface area contributed by atoms with Gasteiger partial charge in [0.2, 0.25) is 0 Å². The Bertz CT molecular complexity index is 1220. The Labute approximate surface area is 183 Å². The lowest BCUT2D eigenvalue weighted by Crippen LogP contribution is -2.09. The number of aryl methyl sites for hydroxylation is 2. The Hall–Kier alpha value is -3.40. The van der Waals surface area contributed by atoms with E-state index in [4.69, 9.17) is 4.74 Å². The van der Waals surface area contributed by atoms with Gasteiger partial charge in [0.15, 0.2) is 0 Å². The van der Waals surface area contributed by atoms with Crippen LogP contribution in [0.5, 0.6) is 0 Å². The number of rotatable bonds is 6. The van der Waals surface area contributed by atoms with E-state index in [0.717, 1.165) is 59.0 Å². The van der Waals surface area contributed by atoms with E-state index >= 15 is 0 Å². The zero-order chi connectivity index (χ0) is 21.8. The minimum absolute atomic E-state index is 0.439. The monoisotopic (exact) mass is 412 g/mol. The van der Waals surface area contributed by atoms with Gasteiger partial charge >= 0.3 is 6.09 Å². The normalized spacial score (nSPS) is 11.1. The second-order valence-electron chi connectivity index (χ2n) is 7.87. The first-order chi connectivity index (χ1) is 15.1. The molecule has 4 nitrogen and oxygen atoms in total. The summed E-state index contributed by atoms with van der Waals surface area (Å²) in [5.74, 6) is 0. The Morgan fingerprint density at radius 1 is 0.871 bits per heavy atom. The van der Waals surface area contributed by atoms with E-state index in [0.29, 0.717) is 0 Å². The number of carbonyl (C=O) groups is 1. The predicted octanol–water partition coefficient (Wildman–Crippen LogP) is 6.89. The molecule has 1 aromatic heterocycles. The highest BCUT2D eigenvalue weighted by Crippen LogP contribution is 2.36. The fourth-order valence-corrected chi connectivity index (χ4v) is 4.14. The lowest BCUT2D eigenvalue weighted by molar-refractivity contribution is 0.174. The Morgan fingerprint density at radius 2 is 1.45 bits per heavy atom. The zero-order valence-electron chi connectivity index (χ0n) is 18.4. The maximum Gasteiger partial charge on any atom is 0.419 e. The average Bonchev–Trinajstić information content (AvgIpc) is 3.21. The molecule has 0 aliphatic heterocycles. The van der Waals surface area contributed by atoms with Crippen molar-refractivity contribution in [1.82, 2.24) is 9.55 Å². The van der Waals surface area contributed by atoms with Crippen LogP contribution in [0.2, 0.25) is 0 Å². The van der Waals surface area contributed by atoms with Gasteiger partial charge in [0.25, 0.3) is 0 Å². The van der Waals surface area contributed by atoms with E-state index in [1.807, 2.05) is 0 Å². The molecule has 0 aliphatic rings. The predicted molar refractivity (Wildman–Crippen MR) is 126 cm³/mol. The first-order valence-electron chi connectivity index (χ1n) is 10.9. The number of hydrogen-bond acceptors (Lipinski definition) is 3. The number of imidazole rings is 1. The van der Waals surface area contributed by atoms with Crippen LogP contribution < -0.4 is 0 Å². The lowest BCUT2D eigenvalue weighted by atomic mass is 9.91. The number of nitrogens with zero attached hydrogens (tertiary/aromatic N) is 2. The lowest BCUT2D eigenvalue weighted by Gasteiger charge is -2.14. The van der Waals surface area contributed by atoms with Gasteiger partial charge in [-0.15, -0.1) is 0 Å². The van der Waals surface area contributed by atoms with Gasteiger partial charge in [-0.1, -0.05) is 75.2 Å². The third-order valence-corrected chi connectivity index (χ3v) is 5.61. The molecular weight excluding hydrogens is 384 g/mol. The van der Waals surface area contributed by atoms with Gasteiger partial charge in [0.05, 0.1) is 18.1 Å². The smallest absolute Gasteiger partial charge is 0.419 e. The number of benzene rings is 3. The first-order valence-corrected chi connectivity index (χ1v) is 10.9. The summed E-state index contributed by atoms with van der Waals surface area (Å²) >= 11 is 0. The van der Waals surface area contributed by atoms with E-state index in [1.54, 1.807) is 0 Å². The molecule has 31 heavy (non-hydrogen) atoms. The van der Waals surface area contributed by atoms with Crippen molar-refractivity contribution in [3.05, 3.63) is 78.1 Å². The largest absolute Gasteiger partial charge is 0.452 e. The minimum Gasteiger partial charge on any atom is -0.452 e. The molecule has 4 aromatic rings. The molecule has 0 bridgehead atoms. The summed E-state index contributed by atoms with van der Waals surface area (Å²) in [6.07, 6.45) is 5.39. The molecule has 4 heteroatoms. The quantitative estimate of drug-likeness (QED) is 0.346. The molecule has 0 amide bonds. The first kappa shape index (κ1) is 20.9. The van der Waals surface area contributed by atoms with Crippen LogP contribution in [0.4, 0.5) is 4.79 Å². The van der Waals surface area contributed by atoms with E-state index in [2.05, 4.69) is 79.5 Å². The summed E-state index contributed by atoms with van der Waals surface area (Å²) in [7, 11) is 1.39. The molecule has 4 rings (SSSR count). The van der Waals surface area contributed by atoms with Crippen LogP contribution in [0.15, 0.2) is 67.0 Å². The number of fused-ring (bicyclic) bond motifs is 1. The molecule has 0 N–H and O–H groups in total. The van der Waals surface area contributed by atoms with Gasteiger partial charge in [0, 0.05) is 0 Å². The summed E-state index contributed by atoms with van der Waals surface area (Å²) in [6, 6.07) is 21.5. The molecule has 0 saturated carbocycles. The molecule has 0 fully saturated rings. The van der Waals surface area contributed by atoms with E-state index < -0.39 is 6.09 Å². The zero-order valence-corrected chi connectivity index (χ0v) is 18.4. The van der Waals surface area contributed by atoms with Crippen molar-refractivity contribution in [2.75, 3.05) is 7.11 Å². The van der Waals surface area contributed by atoms with Gasteiger partial charge in [-0.05, 0) is 58.4 Å².